The van der Waals surface area contributed by atoms with E-state index in [2.05, 4.69) is 25.8 Å². The minimum atomic E-state index is -0.345. The second-order valence-corrected chi connectivity index (χ2v) is 12.9. The van der Waals surface area contributed by atoms with Crippen LogP contribution in [-0.4, -0.2) is 18.2 Å². The van der Waals surface area contributed by atoms with E-state index in [1.165, 1.54) is 57.4 Å². The van der Waals surface area contributed by atoms with Crippen molar-refractivity contribution in [3.8, 4) is 0 Å². The van der Waals surface area contributed by atoms with Crippen LogP contribution >= 0.6 is 0 Å². The number of halogens is 1. The number of hydrogen-bond donors (Lipinski definition) is 0. The Kier molecular flexibility index (Phi) is 4.90. The number of aromatic nitrogens is 1. The van der Waals surface area contributed by atoms with E-state index >= 15 is 0 Å². The van der Waals surface area contributed by atoms with E-state index in [0.29, 0.717) is 28.3 Å². The highest BCUT2D eigenvalue weighted by Crippen LogP contribution is 2.82. The fourth-order valence-electron chi connectivity index (χ4n) is 10.7. The highest BCUT2D eigenvalue weighted by molar-refractivity contribution is 5.26. The Labute approximate surface area is 194 Å². The van der Waals surface area contributed by atoms with Crippen LogP contribution in [0.3, 0.4) is 0 Å². The highest BCUT2D eigenvalue weighted by Gasteiger charge is 2.77. The van der Waals surface area contributed by atoms with Crippen molar-refractivity contribution in [2.24, 2.45) is 51.8 Å². The van der Waals surface area contributed by atoms with Gasteiger partial charge >= 0.3 is 0 Å². The highest BCUT2D eigenvalue weighted by atomic mass is 19.1. The minimum absolute atomic E-state index is 0.345. The molecule has 0 saturated heterocycles. The first-order valence-corrected chi connectivity index (χ1v) is 13.5. The van der Waals surface area contributed by atoms with E-state index in [1.54, 1.807) is 6.07 Å². The van der Waals surface area contributed by atoms with Gasteiger partial charge in [0, 0.05) is 18.2 Å². The topological polar surface area (TPSA) is 22.1 Å². The lowest BCUT2D eigenvalue weighted by atomic mass is 9.45. The number of aryl methyl sites for hydroxylation is 1. The van der Waals surface area contributed by atoms with Gasteiger partial charge in [-0.2, -0.15) is 4.39 Å². The Hall–Kier alpha value is -0.960. The zero-order valence-corrected chi connectivity index (χ0v) is 20.6. The van der Waals surface area contributed by atoms with E-state index in [4.69, 9.17) is 4.74 Å². The van der Waals surface area contributed by atoms with Crippen molar-refractivity contribution in [3.05, 3.63) is 29.8 Å². The molecular formula is C29H42FNO. The van der Waals surface area contributed by atoms with Gasteiger partial charge in [-0.05, 0) is 123 Å². The molecule has 32 heavy (non-hydrogen) atoms. The number of rotatable bonds is 5. The first-order chi connectivity index (χ1) is 15.3. The third-order valence-corrected chi connectivity index (χ3v) is 12.2. The van der Waals surface area contributed by atoms with Gasteiger partial charge in [-0.1, -0.05) is 26.8 Å². The zero-order chi connectivity index (χ0) is 22.3. The second kappa shape index (κ2) is 7.27. The molecule has 10 atom stereocenters. The van der Waals surface area contributed by atoms with Crippen LogP contribution in [0.4, 0.5) is 4.39 Å². The van der Waals surface area contributed by atoms with Crippen molar-refractivity contribution in [3.63, 3.8) is 0 Å². The molecule has 1 unspecified atom stereocenters. The van der Waals surface area contributed by atoms with Gasteiger partial charge in [-0.3, -0.25) is 0 Å². The summed E-state index contributed by atoms with van der Waals surface area (Å²) in [6, 6.07) is 5.23. The summed E-state index contributed by atoms with van der Waals surface area (Å²) in [5.41, 5.74) is 2.43. The summed E-state index contributed by atoms with van der Waals surface area (Å²) in [7, 11) is 2.00. The van der Waals surface area contributed by atoms with Gasteiger partial charge in [-0.15, -0.1) is 0 Å². The van der Waals surface area contributed by atoms with Crippen molar-refractivity contribution in [2.45, 2.75) is 91.1 Å². The normalized spacial score (nSPS) is 49.7. The molecule has 5 saturated carbocycles. The Morgan fingerprint density at radius 2 is 1.97 bits per heavy atom. The van der Waals surface area contributed by atoms with E-state index in [1.807, 2.05) is 13.2 Å². The number of pyridine rings is 1. The molecule has 1 spiro atoms. The van der Waals surface area contributed by atoms with Crippen LogP contribution in [0.2, 0.25) is 0 Å². The lowest BCUT2D eigenvalue weighted by Crippen LogP contribution is -2.57. The molecule has 5 fully saturated rings. The molecule has 1 aromatic heterocycles. The van der Waals surface area contributed by atoms with Gasteiger partial charge in [0.25, 0.3) is 0 Å². The average Bonchev–Trinajstić information content (AvgIpc) is 3.28. The van der Waals surface area contributed by atoms with Gasteiger partial charge in [0.1, 0.15) is 0 Å². The van der Waals surface area contributed by atoms with Gasteiger partial charge < -0.3 is 4.74 Å². The Bertz CT molecular complexity index is 888. The number of hydrogen-bond acceptors (Lipinski definition) is 2. The molecule has 0 bridgehead atoms. The monoisotopic (exact) mass is 439 g/mol. The quantitative estimate of drug-likeness (QED) is 0.458. The molecule has 5 aliphatic carbocycles. The number of methoxy groups -OCH3 is 1. The van der Waals surface area contributed by atoms with Gasteiger partial charge in [0.15, 0.2) is 0 Å². The van der Waals surface area contributed by atoms with Gasteiger partial charge in [0.2, 0.25) is 5.95 Å². The summed E-state index contributed by atoms with van der Waals surface area (Å²) in [6.07, 6.45) is 13.8. The molecule has 0 N–H and O–H groups in total. The van der Waals surface area contributed by atoms with Crippen LogP contribution in [0.1, 0.15) is 84.3 Å². The van der Waals surface area contributed by atoms with E-state index in [-0.39, 0.29) is 5.95 Å². The molecular weight excluding hydrogens is 397 g/mol. The van der Waals surface area contributed by atoms with Crippen LogP contribution in [0.25, 0.3) is 0 Å². The molecule has 1 heterocycles. The van der Waals surface area contributed by atoms with E-state index < -0.39 is 0 Å². The first-order valence-electron chi connectivity index (χ1n) is 13.5. The molecule has 176 valence electrons. The SMILES string of the molecule is CO[C@@H]1C[C@H]2[C@@H]3CC[C@H]([C@H](C)CCc4cccc(F)n4)[C@@]3(C)CC[C@@H]2[C@@]2(C)CC[C@@H]3CC312. The molecule has 0 amide bonds. The minimum Gasteiger partial charge on any atom is -0.381 e. The molecule has 1 aromatic rings. The lowest BCUT2D eigenvalue weighted by molar-refractivity contribution is -0.161. The summed E-state index contributed by atoms with van der Waals surface area (Å²) in [5.74, 6) is 4.73. The standard InChI is InChI=1S/C29H42FNO/c1-18(8-9-20-6-5-7-26(30)31-20)22-10-11-23-21-16-25(32-4)29-17-19(29)12-15-28(29,3)24(21)13-14-27(22,23)2/h5-7,18-19,21-25H,8-17H2,1-4H3/t18-,19-,21+,22-,23+,24+,25-,27-,28-,29?/m1/s1. The fourth-order valence-corrected chi connectivity index (χ4v) is 10.7. The third-order valence-electron chi connectivity index (χ3n) is 12.2. The lowest BCUT2D eigenvalue weighted by Gasteiger charge is -2.61. The predicted octanol–water partition coefficient (Wildman–Crippen LogP) is 7.07. The Morgan fingerprint density at radius 1 is 1.12 bits per heavy atom. The predicted molar refractivity (Wildman–Crippen MR) is 126 cm³/mol. The maximum Gasteiger partial charge on any atom is 0.213 e. The maximum absolute atomic E-state index is 13.5. The largest absolute Gasteiger partial charge is 0.381 e. The van der Waals surface area contributed by atoms with Crippen molar-refractivity contribution in [1.82, 2.24) is 4.98 Å². The number of ether oxygens (including phenoxy) is 1. The third kappa shape index (κ3) is 2.75. The molecule has 0 radical (unpaired) electrons. The van der Waals surface area contributed by atoms with Crippen molar-refractivity contribution < 1.29 is 9.13 Å². The maximum atomic E-state index is 13.5. The van der Waals surface area contributed by atoms with Crippen LogP contribution in [-0.2, 0) is 11.2 Å². The Balaban J connectivity index is 1.21. The number of fused-ring (bicyclic) bond motifs is 4. The van der Waals surface area contributed by atoms with E-state index in [9.17, 15) is 4.39 Å². The summed E-state index contributed by atoms with van der Waals surface area (Å²) < 4.78 is 19.8. The summed E-state index contributed by atoms with van der Waals surface area (Å²) in [4.78, 5) is 4.11. The molecule has 0 aliphatic heterocycles. The fraction of sp³-hybridized carbons (Fsp3) is 0.828. The Morgan fingerprint density at radius 3 is 2.72 bits per heavy atom. The summed E-state index contributed by atoms with van der Waals surface area (Å²) in [6.45, 7) is 7.78. The summed E-state index contributed by atoms with van der Waals surface area (Å²) in [5, 5.41) is 0. The summed E-state index contributed by atoms with van der Waals surface area (Å²) >= 11 is 0. The average molecular weight is 440 g/mol. The van der Waals surface area contributed by atoms with Gasteiger partial charge in [0.05, 0.1) is 6.10 Å². The van der Waals surface area contributed by atoms with E-state index in [0.717, 1.165) is 48.1 Å². The molecule has 3 heteroatoms. The first kappa shape index (κ1) is 21.6. The van der Waals surface area contributed by atoms with Crippen molar-refractivity contribution >= 4 is 0 Å². The van der Waals surface area contributed by atoms with Gasteiger partial charge in [-0.25, -0.2) is 4.98 Å². The van der Waals surface area contributed by atoms with Crippen molar-refractivity contribution in [2.75, 3.05) is 7.11 Å². The molecule has 2 nitrogen and oxygen atoms in total. The van der Waals surface area contributed by atoms with Crippen LogP contribution in [0.5, 0.6) is 0 Å². The van der Waals surface area contributed by atoms with Crippen LogP contribution in [0, 0.1) is 57.7 Å². The second-order valence-electron chi connectivity index (χ2n) is 12.9. The molecule has 6 rings (SSSR count). The van der Waals surface area contributed by atoms with Crippen LogP contribution in [0.15, 0.2) is 18.2 Å². The molecule has 5 aliphatic rings. The van der Waals surface area contributed by atoms with Crippen molar-refractivity contribution in [1.29, 1.82) is 0 Å². The van der Waals surface area contributed by atoms with Crippen LogP contribution < -0.4 is 0 Å². The smallest absolute Gasteiger partial charge is 0.213 e. The molecule has 0 aromatic carbocycles. The number of nitrogens with zero attached hydrogens (tertiary/aromatic N) is 1. The zero-order valence-electron chi connectivity index (χ0n) is 20.6.